The highest BCUT2D eigenvalue weighted by Crippen LogP contribution is 2.15. The van der Waals surface area contributed by atoms with E-state index in [9.17, 15) is 4.79 Å². The fraction of sp³-hybridized carbons (Fsp3) is 0.111. The van der Waals surface area contributed by atoms with Crippen LogP contribution in [0.1, 0.15) is 0 Å². The lowest BCUT2D eigenvalue weighted by Gasteiger charge is -2.01. The van der Waals surface area contributed by atoms with Gasteiger partial charge in [-0.05, 0) is 34.7 Å². The summed E-state index contributed by atoms with van der Waals surface area (Å²) in [5, 5.41) is 0.869. The minimum absolute atomic E-state index is 0.256. The maximum absolute atomic E-state index is 11.3. The number of nitrogens with zero attached hydrogens (tertiary/aromatic N) is 1. The number of rotatable bonds is 1. The van der Waals surface area contributed by atoms with Crippen molar-refractivity contribution in [2.75, 3.05) is 7.11 Å². The Morgan fingerprint density at radius 1 is 1.50 bits per heavy atom. The Balaban J connectivity index is 2.80. The summed E-state index contributed by atoms with van der Waals surface area (Å²) in [4.78, 5) is 18.1. The summed E-state index contributed by atoms with van der Waals surface area (Å²) in [6, 6.07) is 3.62. The Morgan fingerprint density at radius 3 is 3.00 bits per heavy atom. The lowest BCUT2D eigenvalue weighted by atomic mass is 10.3. The smallest absolute Gasteiger partial charge is 0.291 e. The third-order valence-electron chi connectivity index (χ3n) is 1.85. The Morgan fingerprint density at radius 2 is 2.29 bits per heavy atom. The van der Waals surface area contributed by atoms with Crippen molar-refractivity contribution in [2.45, 2.75) is 0 Å². The molecule has 0 amide bonds. The molecular weight excluding hydrogens is 295 g/mol. The van der Waals surface area contributed by atoms with Gasteiger partial charge in [-0.15, -0.1) is 0 Å². The summed E-state index contributed by atoms with van der Waals surface area (Å²) < 4.78 is 5.94. The molecule has 0 radical (unpaired) electrons. The molecule has 5 heteroatoms. The van der Waals surface area contributed by atoms with Crippen molar-refractivity contribution in [1.29, 1.82) is 0 Å². The predicted molar refractivity (Wildman–Crippen MR) is 61.6 cm³/mol. The summed E-state index contributed by atoms with van der Waals surface area (Å²) in [6.45, 7) is 0. The van der Waals surface area contributed by atoms with Gasteiger partial charge in [-0.3, -0.25) is 4.79 Å². The lowest BCUT2D eigenvalue weighted by Crippen LogP contribution is -2.09. The van der Waals surface area contributed by atoms with Crippen LogP contribution in [0.15, 0.2) is 23.1 Å². The number of ether oxygens (including phenoxy) is 1. The first kappa shape index (κ1) is 9.45. The normalized spacial score (nSPS) is 10.4. The first-order chi connectivity index (χ1) is 6.70. The van der Waals surface area contributed by atoms with E-state index in [2.05, 4.69) is 32.6 Å². The van der Waals surface area contributed by atoms with Crippen LogP contribution in [-0.2, 0) is 0 Å². The molecule has 0 unspecified atom stereocenters. The molecule has 0 spiro atoms. The molecule has 0 atom stereocenters. The van der Waals surface area contributed by atoms with Crippen molar-refractivity contribution in [1.82, 2.24) is 9.97 Å². The number of hydrogen-bond donors (Lipinski definition) is 1. The molecule has 0 aliphatic rings. The standard InChI is InChI=1S/C9H7IN2O2/c1-14-7-3-5-2-6(10)4-11-8(5)12-9(7)13/h2-4H,1H3,(H,11,12,13). The van der Waals surface area contributed by atoms with Crippen molar-refractivity contribution >= 4 is 33.6 Å². The minimum Gasteiger partial charge on any atom is -0.491 e. The fourth-order valence-electron chi connectivity index (χ4n) is 1.20. The highest BCUT2D eigenvalue weighted by Gasteiger charge is 2.03. The number of hydrogen-bond acceptors (Lipinski definition) is 3. The van der Waals surface area contributed by atoms with E-state index in [4.69, 9.17) is 4.74 Å². The molecule has 72 valence electrons. The van der Waals surface area contributed by atoms with Crippen molar-refractivity contribution in [3.63, 3.8) is 0 Å². The Bertz CT molecular complexity index is 536. The van der Waals surface area contributed by atoms with Gasteiger partial charge < -0.3 is 9.72 Å². The second-order valence-electron chi connectivity index (χ2n) is 2.76. The molecule has 2 heterocycles. The van der Waals surface area contributed by atoms with Crippen LogP contribution in [0.25, 0.3) is 11.0 Å². The molecule has 0 saturated heterocycles. The van der Waals surface area contributed by atoms with Gasteiger partial charge in [0.25, 0.3) is 5.56 Å². The van der Waals surface area contributed by atoms with Gasteiger partial charge in [0, 0.05) is 15.2 Å². The third kappa shape index (κ3) is 1.59. The second-order valence-corrected chi connectivity index (χ2v) is 4.00. The predicted octanol–water partition coefficient (Wildman–Crippen LogP) is 1.54. The van der Waals surface area contributed by atoms with E-state index in [0.29, 0.717) is 11.4 Å². The highest BCUT2D eigenvalue weighted by molar-refractivity contribution is 14.1. The molecule has 0 aliphatic heterocycles. The molecule has 0 aromatic carbocycles. The summed E-state index contributed by atoms with van der Waals surface area (Å²) in [7, 11) is 1.47. The quantitative estimate of drug-likeness (QED) is 0.813. The van der Waals surface area contributed by atoms with Crippen LogP contribution in [0.5, 0.6) is 5.75 Å². The molecule has 2 aromatic heterocycles. The number of aromatic amines is 1. The van der Waals surface area contributed by atoms with Crippen LogP contribution in [0.2, 0.25) is 0 Å². The monoisotopic (exact) mass is 302 g/mol. The van der Waals surface area contributed by atoms with E-state index in [1.165, 1.54) is 7.11 Å². The van der Waals surface area contributed by atoms with Gasteiger partial charge in [-0.1, -0.05) is 0 Å². The van der Waals surface area contributed by atoms with Crippen molar-refractivity contribution < 1.29 is 4.74 Å². The van der Waals surface area contributed by atoms with Gasteiger partial charge >= 0.3 is 0 Å². The maximum Gasteiger partial charge on any atom is 0.291 e. The Kier molecular flexibility index (Phi) is 2.40. The Hall–Kier alpha value is -1.11. The van der Waals surface area contributed by atoms with Crippen molar-refractivity contribution in [3.05, 3.63) is 32.3 Å². The molecule has 0 aliphatic carbocycles. The van der Waals surface area contributed by atoms with E-state index in [1.807, 2.05) is 6.07 Å². The number of H-pyrrole nitrogens is 1. The number of pyridine rings is 2. The zero-order valence-electron chi connectivity index (χ0n) is 7.37. The van der Waals surface area contributed by atoms with E-state index in [1.54, 1.807) is 12.3 Å². The van der Waals surface area contributed by atoms with Gasteiger partial charge in [-0.25, -0.2) is 4.98 Å². The van der Waals surface area contributed by atoms with Crippen LogP contribution in [0, 0.1) is 3.57 Å². The second kappa shape index (κ2) is 3.56. The summed E-state index contributed by atoms with van der Waals surface area (Å²) in [5.41, 5.74) is 0.324. The zero-order valence-corrected chi connectivity index (χ0v) is 9.53. The number of fused-ring (bicyclic) bond motifs is 1. The molecule has 2 aromatic rings. The van der Waals surface area contributed by atoms with E-state index < -0.39 is 0 Å². The van der Waals surface area contributed by atoms with Crippen LogP contribution < -0.4 is 10.3 Å². The first-order valence-electron chi connectivity index (χ1n) is 3.93. The van der Waals surface area contributed by atoms with Gasteiger partial charge in [0.15, 0.2) is 5.75 Å². The lowest BCUT2D eigenvalue weighted by molar-refractivity contribution is 0.409. The molecule has 14 heavy (non-hydrogen) atoms. The first-order valence-corrected chi connectivity index (χ1v) is 5.01. The molecule has 1 N–H and O–H groups in total. The number of halogens is 1. The van der Waals surface area contributed by atoms with E-state index >= 15 is 0 Å². The zero-order chi connectivity index (χ0) is 10.1. The van der Waals surface area contributed by atoms with Gasteiger partial charge in [-0.2, -0.15) is 0 Å². The topological polar surface area (TPSA) is 55.0 Å². The van der Waals surface area contributed by atoms with Crippen molar-refractivity contribution in [2.24, 2.45) is 0 Å². The number of methoxy groups -OCH3 is 1. The number of aromatic nitrogens is 2. The summed E-state index contributed by atoms with van der Waals surface area (Å²) in [6.07, 6.45) is 1.70. The van der Waals surface area contributed by atoms with Crippen LogP contribution in [-0.4, -0.2) is 17.1 Å². The molecule has 0 fully saturated rings. The van der Waals surface area contributed by atoms with Crippen LogP contribution in [0.4, 0.5) is 0 Å². The van der Waals surface area contributed by atoms with Gasteiger partial charge in [0.2, 0.25) is 0 Å². The summed E-state index contributed by atoms with van der Waals surface area (Å²) in [5.74, 6) is 0.307. The molecular formula is C9H7IN2O2. The SMILES string of the molecule is COc1cc2cc(I)cnc2[nH]c1=O. The largest absolute Gasteiger partial charge is 0.491 e. The maximum atomic E-state index is 11.3. The highest BCUT2D eigenvalue weighted by atomic mass is 127. The van der Waals surface area contributed by atoms with Gasteiger partial charge in [0.1, 0.15) is 5.65 Å². The molecule has 2 rings (SSSR count). The van der Waals surface area contributed by atoms with Crippen molar-refractivity contribution in [3.8, 4) is 5.75 Å². The fourth-order valence-corrected chi connectivity index (χ4v) is 1.67. The Labute approximate surface area is 93.5 Å². The van der Waals surface area contributed by atoms with E-state index in [-0.39, 0.29) is 5.56 Å². The molecule has 0 saturated carbocycles. The minimum atomic E-state index is -0.256. The average molecular weight is 302 g/mol. The molecule has 0 bridgehead atoms. The summed E-state index contributed by atoms with van der Waals surface area (Å²) >= 11 is 2.17. The number of nitrogens with one attached hydrogen (secondary N) is 1. The third-order valence-corrected chi connectivity index (χ3v) is 2.44. The van der Waals surface area contributed by atoms with Crippen LogP contribution in [0.3, 0.4) is 0 Å². The van der Waals surface area contributed by atoms with Crippen LogP contribution >= 0.6 is 22.6 Å². The molecule has 4 nitrogen and oxygen atoms in total. The average Bonchev–Trinajstić information content (AvgIpc) is 2.17. The van der Waals surface area contributed by atoms with E-state index in [0.717, 1.165) is 8.96 Å². The van der Waals surface area contributed by atoms with Gasteiger partial charge in [0.05, 0.1) is 7.11 Å².